The van der Waals surface area contributed by atoms with Gasteiger partial charge in [0.05, 0.1) is 24.1 Å². The van der Waals surface area contributed by atoms with Gasteiger partial charge >= 0.3 is 30.0 Å². The van der Waals surface area contributed by atoms with Crippen LogP contribution in [0.2, 0.25) is 0 Å². The summed E-state index contributed by atoms with van der Waals surface area (Å²) in [4.78, 5) is 40.7. The van der Waals surface area contributed by atoms with E-state index < -0.39 is 60.2 Å². The average Bonchev–Trinajstić information content (AvgIpc) is 2.86. The molecule has 0 aliphatic carbocycles. The minimum absolute atomic E-state index is 0.122. The number of para-hydroxylation sites is 1. The molecule has 13 heteroatoms. The second kappa shape index (κ2) is 8.92. The van der Waals surface area contributed by atoms with Gasteiger partial charge in [0.2, 0.25) is 0 Å². The van der Waals surface area contributed by atoms with Gasteiger partial charge in [0.1, 0.15) is 0 Å². The maximum absolute atomic E-state index is 13.1. The Labute approximate surface area is 212 Å². The first-order valence-corrected chi connectivity index (χ1v) is 12.1. The summed E-state index contributed by atoms with van der Waals surface area (Å²) in [6.45, 7) is 1.91. The molecule has 196 valence electrons. The maximum atomic E-state index is 13.1. The zero-order valence-corrected chi connectivity index (χ0v) is 20.1. The predicted octanol–water partition coefficient (Wildman–Crippen LogP) is 2.72. The summed E-state index contributed by atoms with van der Waals surface area (Å²) in [5, 5.41) is 13.6. The molecule has 2 bridgehead atoms. The third-order valence-electron chi connectivity index (χ3n) is 6.25. The number of rotatable bonds is 3. The summed E-state index contributed by atoms with van der Waals surface area (Å²) in [5.41, 5.74) is -2.42. The van der Waals surface area contributed by atoms with Gasteiger partial charge in [0, 0.05) is 22.9 Å². The van der Waals surface area contributed by atoms with Crippen LogP contribution < -0.4 is 10.2 Å². The largest absolute Gasteiger partial charge is 0.435 e. The van der Waals surface area contributed by atoms with Crippen molar-refractivity contribution in [1.29, 1.82) is 0 Å². The first kappa shape index (κ1) is 25.4. The molecule has 0 radical (unpaired) electrons. The van der Waals surface area contributed by atoms with E-state index in [0.29, 0.717) is 21.0 Å². The number of hydrogen-bond acceptors (Lipinski definition) is 10. The van der Waals surface area contributed by atoms with Crippen LogP contribution in [0.25, 0.3) is 0 Å². The molecule has 3 heterocycles. The van der Waals surface area contributed by atoms with Crippen LogP contribution >= 0.6 is 11.8 Å². The Balaban J connectivity index is 1.57. The molecule has 1 spiro atoms. The SMILES string of the molecule is Cc1cc(C(F)(F)F)ccc1Sc1ccccc1N1CCNC2OC(=O)CC3(O)CC(=O)OC21OC3=O. The molecule has 37 heavy (non-hydrogen) atoms. The molecule has 0 aromatic heterocycles. The number of nitrogens with one attached hydrogen (secondary N) is 1. The van der Waals surface area contributed by atoms with Crippen LogP contribution in [0.3, 0.4) is 0 Å². The Morgan fingerprint density at radius 3 is 2.51 bits per heavy atom. The summed E-state index contributed by atoms with van der Waals surface area (Å²) in [6, 6.07) is 10.1. The Hall–Kier alpha value is -3.29. The lowest BCUT2D eigenvalue weighted by molar-refractivity contribution is -0.279. The molecule has 3 unspecified atom stereocenters. The molecule has 3 atom stereocenters. The van der Waals surface area contributed by atoms with Crippen molar-refractivity contribution in [2.75, 3.05) is 18.0 Å². The Morgan fingerprint density at radius 1 is 1.05 bits per heavy atom. The lowest BCUT2D eigenvalue weighted by Crippen LogP contribution is -2.72. The number of carbonyl (C=O) groups is 3. The summed E-state index contributed by atoms with van der Waals surface area (Å²) in [7, 11) is 0. The number of ether oxygens (including phenoxy) is 3. The molecule has 3 saturated heterocycles. The fourth-order valence-corrected chi connectivity index (χ4v) is 5.51. The third kappa shape index (κ3) is 4.51. The second-order valence-corrected chi connectivity index (χ2v) is 9.99. The molecular formula is C24H21F3N2O7S. The molecule has 3 fully saturated rings. The summed E-state index contributed by atoms with van der Waals surface area (Å²) in [6.07, 6.45) is -7.47. The molecule has 9 nitrogen and oxygen atoms in total. The van der Waals surface area contributed by atoms with Crippen LogP contribution in [0.5, 0.6) is 0 Å². The van der Waals surface area contributed by atoms with E-state index in [1.165, 1.54) is 11.0 Å². The number of esters is 3. The number of nitrogens with zero attached hydrogens (tertiary/aromatic N) is 1. The Bertz CT molecular complexity index is 1290. The van der Waals surface area contributed by atoms with Gasteiger partial charge in [-0.1, -0.05) is 23.9 Å². The molecule has 2 aromatic carbocycles. The topological polar surface area (TPSA) is 114 Å². The number of aliphatic hydroxyl groups is 1. The first-order chi connectivity index (χ1) is 17.4. The summed E-state index contributed by atoms with van der Waals surface area (Å²) in [5.74, 6) is -5.38. The first-order valence-electron chi connectivity index (χ1n) is 11.2. The molecule has 3 aliphatic heterocycles. The number of halogens is 3. The molecule has 3 aliphatic rings. The van der Waals surface area contributed by atoms with Gasteiger partial charge < -0.3 is 19.3 Å². The van der Waals surface area contributed by atoms with Crippen molar-refractivity contribution in [2.24, 2.45) is 0 Å². The highest BCUT2D eigenvalue weighted by Crippen LogP contribution is 2.44. The molecule has 0 saturated carbocycles. The van der Waals surface area contributed by atoms with Crippen molar-refractivity contribution in [3.8, 4) is 0 Å². The number of hydrogen-bond donors (Lipinski definition) is 2. The zero-order valence-electron chi connectivity index (χ0n) is 19.3. The molecular weight excluding hydrogens is 517 g/mol. The highest BCUT2D eigenvalue weighted by atomic mass is 32.2. The number of aryl methyl sites for hydroxylation is 1. The highest BCUT2D eigenvalue weighted by Gasteiger charge is 2.64. The van der Waals surface area contributed by atoms with Crippen LogP contribution in [0.1, 0.15) is 24.0 Å². The number of benzene rings is 2. The van der Waals surface area contributed by atoms with Crippen LogP contribution in [0.4, 0.5) is 18.9 Å². The molecule has 5 rings (SSSR count). The standard InChI is InChI=1S/C24H21F3N2O7S/c1-13-10-14(23(25,26)27)6-7-16(13)37-17-5-3-2-4-15(17)29-9-8-28-20-24(29)35-19(31)12-22(33,21(32)36-24)11-18(30)34-20/h2-7,10,20,28,33H,8-9,11-12H2,1H3. The number of piperazine rings is 1. The fraction of sp³-hybridized carbons (Fsp3) is 0.375. The zero-order chi connectivity index (χ0) is 26.6. The van der Waals surface area contributed by atoms with E-state index in [1.807, 2.05) is 0 Å². The van der Waals surface area contributed by atoms with E-state index >= 15 is 0 Å². The summed E-state index contributed by atoms with van der Waals surface area (Å²) >= 11 is 1.16. The average molecular weight is 539 g/mol. The Morgan fingerprint density at radius 2 is 1.78 bits per heavy atom. The monoisotopic (exact) mass is 538 g/mol. The summed E-state index contributed by atoms with van der Waals surface area (Å²) < 4.78 is 56.0. The van der Waals surface area contributed by atoms with E-state index in [4.69, 9.17) is 14.2 Å². The predicted molar refractivity (Wildman–Crippen MR) is 121 cm³/mol. The van der Waals surface area contributed by atoms with Gasteiger partial charge in [-0.25, -0.2) is 4.79 Å². The lowest BCUT2D eigenvalue weighted by Gasteiger charge is -2.49. The van der Waals surface area contributed by atoms with E-state index in [2.05, 4.69) is 5.32 Å². The normalized spacial score (nSPS) is 27.9. The number of fused-ring (bicyclic) bond motifs is 2. The van der Waals surface area contributed by atoms with Crippen molar-refractivity contribution >= 4 is 35.4 Å². The number of alkyl halides is 3. The number of carbonyl (C=O) groups excluding carboxylic acids is 3. The van der Waals surface area contributed by atoms with Crippen LogP contribution in [-0.2, 0) is 34.8 Å². The number of anilines is 1. The quantitative estimate of drug-likeness (QED) is 0.566. The lowest BCUT2D eigenvalue weighted by atomic mass is 9.95. The van der Waals surface area contributed by atoms with Gasteiger partial charge in [-0.3, -0.25) is 19.8 Å². The van der Waals surface area contributed by atoms with Gasteiger partial charge in [0.15, 0.2) is 5.60 Å². The van der Waals surface area contributed by atoms with Crippen molar-refractivity contribution in [1.82, 2.24) is 5.32 Å². The van der Waals surface area contributed by atoms with Crippen molar-refractivity contribution < 1.29 is 46.9 Å². The van der Waals surface area contributed by atoms with Gasteiger partial charge in [-0.15, -0.1) is 0 Å². The van der Waals surface area contributed by atoms with Gasteiger partial charge in [-0.2, -0.15) is 13.2 Å². The van der Waals surface area contributed by atoms with Crippen molar-refractivity contribution in [3.05, 3.63) is 53.6 Å². The fourth-order valence-electron chi connectivity index (χ4n) is 4.49. The van der Waals surface area contributed by atoms with E-state index in [9.17, 15) is 32.7 Å². The minimum atomic E-state index is -4.48. The molecule has 2 N–H and O–H groups in total. The third-order valence-corrected chi connectivity index (χ3v) is 7.50. The second-order valence-electron chi connectivity index (χ2n) is 8.90. The highest BCUT2D eigenvalue weighted by molar-refractivity contribution is 7.99. The van der Waals surface area contributed by atoms with E-state index in [1.54, 1.807) is 31.2 Å². The van der Waals surface area contributed by atoms with Crippen LogP contribution in [-0.4, -0.2) is 53.8 Å². The van der Waals surface area contributed by atoms with Crippen LogP contribution in [0.15, 0.2) is 52.3 Å². The van der Waals surface area contributed by atoms with E-state index in [-0.39, 0.29) is 13.1 Å². The minimum Gasteiger partial charge on any atom is -0.435 e. The Kier molecular flexibility index (Phi) is 6.12. The van der Waals surface area contributed by atoms with Crippen LogP contribution in [0, 0.1) is 6.92 Å². The van der Waals surface area contributed by atoms with Crippen molar-refractivity contribution in [2.45, 2.75) is 53.5 Å². The van der Waals surface area contributed by atoms with Crippen molar-refractivity contribution in [3.63, 3.8) is 0 Å². The van der Waals surface area contributed by atoms with Gasteiger partial charge in [-0.05, 0) is 42.8 Å². The van der Waals surface area contributed by atoms with Gasteiger partial charge in [0.25, 0.3) is 6.23 Å². The van der Waals surface area contributed by atoms with E-state index in [0.717, 1.165) is 23.9 Å². The maximum Gasteiger partial charge on any atom is 0.416 e. The molecule has 2 aromatic rings. The molecule has 0 amide bonds. The smallest absolute Gasteiger partial charge is 0.416 e.